The van der Waals surface area contributed by atoms with E-state index in [9.17, 15) is 4.79 Å². The molecule has 15 heavy (non-hydrogen) atoms. The number of hydrogen-bond donors (Lipinski definition) is 1. The fourth-order valence-electron chi connectivity index (χ4n) is 1.19. The lowest BCUT2D eigenvalue weighted by Gasteiger charge is -2.00. The molecule has 0 spiro atoms. The molecule has 2 heterocycles. The Hall–Kier alpha value is -1.81. The molecule has 5 heteroatoms. The van der Waals surface area contributed by atoms with Gasteiger partial charge >= 0.3 is 5.97 Å². The number of carboxylic acid groups (broad SMARTS) is 1. The van der Waals surface area contributed by atoms with Crippen molar-refractivity contribution in [2.45, 2.75) is 0 Å². The van der Waals surface area contributed by atoms with Crippen LogP contribution in [0.25, 0.3) is 5.82 Å². The van der Waals surface area contributed by atoms with Gasteiger partial charge in [-0.15, -0.1) is 0 Å². The van der Waals surface area contributed by atoms with Gasteiger partial charge in [0.15, 0.2) is 0 Å². The number of aromatic nitrogens is 2. The summed E-state index contributed by atoms with van der Waals surface area (Å²) in [6, 6.07) is 4.93. The molecule has 0 atom stereocenters. The molecule has 2 rings (SSSR count). The van der Waals surface area contributed by atoms with Crippen LogP contribution in [0, 0.1) is 0 Å². The van der Waals surface area contributed by atoms with Gasteiger partial charge in [0.2, 0.25) is 0 Å². The average Bonchev–Trinajstić information content (AvgIpc) is 2.68. The Bertz CT molecular complexity index is 490. The second-order valence-corrected chi connectivity index (χ2v) is 3.38. The minimum atomic E-state index is -0.956. The lowest BCUT2D eigenvalue weighted by molar-refractivity contribution is 0.0697. The summed E-state index contributed by atoms with van der Waals surface area (Å²) in [5.74, 6) is -0.324. The van der Waals surface area contributed by atoms with Crippen molar-refractivity contribution in [3.8, 4) is 5.82 Å². The molecule has 0 bridgehead atoms. The molecule has 0 aliphatic carbocycles. The van der Waals surface area contributed by atoms with Crippen molar-refractivity contribution >= 4 is 17.6 Å². The Labute approximate surface area is 90.8 Å². The molecular formula is C10H7ClN2O2. The fourth-order valence-corrected chi connectivity index (χ4v) is 1.30. The molecular weight excluding hydrogens is 216 g/mol. The quantitative estimate of drug-likeness (QED) is 0.848. The summed E-state index contributed by atoms with van der Waals surface area (Å²) in [4.78, 5) is 14.7. The Balaban J connectivity index is 2.37. The van der Waals surface area contributed by atoms with Crippen LogP contribution in [0.1, 0.15) is 10.4 Å². The SMILES string of the molecule is O=C(O)c1ccn(-c2ccc(Cl)cn2)c1. The van der Waals surface area contributed by atoms with E-state index in [1.807, 2.05) is 0 Å². The maximum atomic E-state index is 10.6. The predicted molar refractivity (Wildman–Crippen MR) is 55.5 cm³/mol. The van der Waals surface area contributed by atoms with E-state index < -0.39 is 5.97 Å². The van der Waals surface area contributed by atoms with Gasteiger partial charge < -0.3 is 9.67 Å². The third-order valence-corrected chi connectivity index (χ3v) is 2.14. The van der Waals surface area contributed by atoms with Crippen molar-refractivity contribution < 1.29 is 9.90 Å². The van der Waals surface area contributed by atoms with Crippen LogP contribution in [-0.4, -0.2) is 20.6 Å². The highest BCUT2D eigenvalue weighted by molar-refractivity contribution is 6.30. The molecule has 1 N–H and O–H groups in total. The van der Waals surface area contributed by atoms with Crippen molar-refractivity contribution in [3.63, 3.8) is 0 Å². The van der Waals surface area contributed by atoms with Gasteiger partial charge in [0.05, 0.1) is 10.6 Å². The molecule has 0 amide bonds. The van der Waals surface area contributed by atoms with E-state index >= 15 is 0 Å². The summed E-state index contributed by atoms with van der Waals surface area (Å²) in [6.45, 7) is 0. The van der Waals surface area contributed by atoms with Gasteiger partial charge in [0.25, 0.3) is 0 Å². The lowest BCUT2D eigenvalue weighted by Crippen LogP contribution is -1.95. The van der Waals surface area contributed by atoms with E-state index in [1.54, 1.807) is 22.9 Å². The Morgan fingerprint density at radius 1 is 1.40 bits per heavy atom. The van der Waals surface area contributed by atoms with Crippen LogP contribution in [0.5, 0.6) is 0 Å². The Morgan fingerprint density at radius 2 is 2.20 bits per heavy atom. The topological polar surface area (TPSA) is 55.1 Å². The summed E-state index contributed by atoms with van der Waals surface area (Å²) in [7, 11) is 0. The van der Waals surface area contributed by atoms with Gasteiger partial charge in [0.1, 0.15) is 5.82 Å². The number of carbonyl (C=O) groups is 1. The highest BCUT2D eigenvalue weighted by Gasteiger charge is 2.05. The largest absolute Gasteiger partial charge is 0.478 e. The smallest absolute Gasteiger partial charge is 0.337 e. The number of nitrogens with zero attached hydrogens (tertiary/aromatic N) is 2. The third kappa shape index (κ3) is 1.99. The number of pyridine rings is 1. The average molecular weight is 223 g/mol. The molecule has 2 aromatic rings. The molecule has 0 saturated carbocycles. The first-order valence-electron chi connectivity index (χ1n) is 4.20. The molecule has 4 nitrogen and oxygen atoms in total. The van der Waals surface area contributed by atoms with Gasteiger partial charge in [-0.25, -0.2) is 9.78 Å². The van der Waals surface area contributed by atoms with Crippen molar-refractivity contribution in [2.75, 3.05) is 0 Å². The third-order valence-electron chi connectivity index (χ3n) is 1.92. The second kappa shape index (κ2) is 3.74. The number of carboxylic acids is 1. The van der Waals surface area contributed by atoms with Crippen molar-refractivity contribution in [1.82, 2.24) is 9.55 Å². The monoisotopic (exact) mass is 222 g/mol. The van der Waals surface area contributed by atoms with Crippen molar-refractivity contribution in [2.24, 2.45) is 0 Å². The zero-order chi connectivity index (χ0) is 10.8. The van der Waals surface area contributed by atoms with Crippen molar-refractivity contribution in [3.05, 3.63) is 47.4 Å². The zero-order valence-corrected chi connectivity index (χ0v) is 8.35. The molecule has 2 aromatic heterocycles. The first kappa shape index (κ1) is 9.73. The standard InChI is InChI=1S/C10H7ClN2O2/c11-8-1-2-9(12-5-8)13-4-3-7(6-13)10(14)15/h1-6H,(H,14,15). The molecule has 0 unspecified atom stereocenters. The van der Waals surface area contributed by atoms with Crippen LogP contribution < -0.4 is 0 Å². The van der Waals surface area contributed by atoms with Gasteiger partial charge in [-0.1, -0.05) is 11.6 Å². The van der Waals surface area contributed by atoms with E-state index in [2.05, 4.69) is 4.98 Å². The van der Waals surface area contributed by atoms with Crippen LogP contribution in [-0.2, 0) is 0 Å². The van der Waals surface area contributed by atoms with Gasteiger partial charge in [-0.3, -0.25) is 0 Å². The van der Waals surface area contributed by atoms with E-state index in [0.717, 1.165) is 0 Å². The Morgan fingerprint density at radius 3 is 2.73 bits per heavy atom. The summed E-state index contributed by atoms with van der Waals surface area (Å²) in [6.07, 6.45) is 4.65. The summed E-state index contributed by atoms with van der Waals surface area (Å²) in [5, 5.41) is 9.28. The van der Waals surface area contributed by atoms with Crippen molar-refractivity contribution in [1.29, 1.82) is 0 Å². The summed E-state index contributed by atoms with van der Waals surface area (Å²) >= 11 is 5.69. The second-order valence-electron chi connectivity index (χ2n) is 2.95. The molecule has 0 saturated heterocycles. The number of hydrogen-bond acceptors (Lipinski definition) is 2. The normalized spacial score (nSPS) is 10.2. The molecule has 0 aliphatic heterocycles. The van der Waals surface area contributed by atoms with Gasteiger partial charge in [-0.2, -0.15) is 0 Å². The predicted octanol–water partition coefficient (Wildman–Crippen LogP) is 2.22. The summed E-state index contributed by atoms with van der Waals surface area (Å²) in [5.41, 5.74) is 0.228. The molecule has 0 aromatic carbocycles. The first-order valence-corrected chi connectivity index (χ1v) is 4.58. The van der Waals surface area contributed by atoms with E-state index in [-0.39, 0.29) is 5.56 Å². The molecule has 0 fully saturated rings. The Kier molecular flexibility index (Phi) is 2.43. The number of rotatable bonds is 2. The van der Waals surface area contributed by atoms with Gasteiger partial charge in [-0.05, 0) is 18.2 Å². The maximum Gasteiger partial charge on any atom is 0.337 e. The molecule has 0 aliphatic rings. The molecule has 0 radical (unpaired) electrons. The van der Waals surface area contributed by atoms with Crippen LogP contribution in [0.3, 0.4) is 0 Å². The van der Waals surface area contributed by atoms with E-state index in [0.29, 0.717) is 10.8 Å². The van der Waals surface area contributed by atoms with Crippen LogP contribution in [0.15, 0.2) is 36.8 Å². The minimum Gasteiger partial charge on any atom is -0.478 e. The van der Waals surface area contributed by atoms with Gasteiger partial charge in [0, 0.05) is 18.6 Å². The number of halogens is 1. The zero-order valence-electron chi connectivity index (χ0n) is 7.59. The lowest BCUT2D eigenvalue weighted by atomic mass is 10.4. The minimum absolute atomic E-state index is 0.228. The summed E-state index contributed by atoms with van der Waals surface area (Å²) < 4.78 is 1.62. The number of aromatic carboxylic acids is 1. The fraction of sp³-hybridized carbons (Fsp3) is 0. The molecule has 76 valence electrons. The highest BCUT2D eigenvalue weighted by atomic mass is 35.5. The van der Waals surface area contributed by atoms with E-state index in [1.165, 1.54) is 18.5 Å². The maximum absolute atomic E-state index is 10.6. The van der Waals surface area contributed by atoms with E-state index in [4.69, 9.17) is 16.7 Å². The van der Waals surface area contributed by atoms with Crippen LogP contribution >= 0.6 is 11.6 Å². The highest BCUT2D eigenvalue weighted by Crippen LogP contribution is 2.11. The first-order chi connectivity index (χ1) is 7.16. The van der Waals surface area contributed by atoms with Crippen LogP contribution in [0.4, 0.5) is 0 Å². The van der Waals surface area contributed by atoms with Crippen LogP contribution in [0.2, 0.25) is 5.02 Å².